The molecule has 3 nitrogen and oxygen atoms in total. The van der Waals surface area contributed by atoms with E-state index in [1.54, 1.807) is 0 Å². The van der Waals surface area contributed by atoms with Crippen LogP contribution in [0.25, 0.3) is 0 Å². The Hall–Kier alpha value is -0.330. The predicted octanol–water partition coefficient (Wildman–Crippen LogP) is 2.79. The first-order valence-electron chi connectivity index (χ1n) is 7.97. The third-order valence-electron chi connectivity index (χ3n) is 4.45. The maximum atomic E-state index is 12.4. The molecule has 1 heterocycles. The summed E-state index contributed by atoms with van der Waals surface area (Å²) in [6, 6.07) is 0.213. The molecular weight excluding hydrogens is 281 g/mol. The summed E-state index contributed by atoms with van der Waals surface area (Å²) in [5.41, 5.74) is 0. The van der Waals surface area contributed by atoms with Crippen LogP contribution in [0.4, 0.5) is 13.2 Å². The van der Waals surface area contributed by atoms with E-state index in [1.165, 1.54) is 0 Å². The minimum absolute atomic E-state index is 0.150. The van der Waals surface area contributed by atoms with Gasteiger partial charge >= 0.3 is 6.18 Å². The molecule has 1 aliphatic rings. The van der Waals surface area contributed by atoms with Crippen molar-refractivity contribution in [1.29, 1.82) is 0 Å². The van der Waals surface area contributed by atoms with Crippen LogP contribution in [0.15, 0.2) is 0 Å². The maximum Gasteiger partial charge on any atom is 0.401 e. The number of hydrogen-bond acceptors (Lipinski definition) is 3. The zero-order chi connectivity index (χ0) is 16.0. The summed E-state index contributed by atoms with van der Waals surface area (Å²) in [4.78, 5) is 2.25. The van der Waals surface area contributed by atoms with Gasteiger partial charge in [0.05, 0.1) is 12.6 Å². The summed E-state index contributed by atoms with van der Waals surface area (Å²) >= 11 is 0. The van der Waals surface area contributed by atoms with Gasteiger partial charge in [0.15, 0.2) is 0 Å². The monoisotopic (exact) mass is 310 g/mol. The highest BCUT2D eigenvalue weighted by molar-refractivity contribution is 4.87. The molecule has 4 unspecified atom stereocenters. The van der Waals surface area contributed by atoms with Crippen molar-refractivity contribution in [2.24, 2.45) is 5.92 Å². The second-order valence-corrected chi connectivity index (χ2v) is 6.30. The second kappa shape index (κ2) is 8.34. The molecule has 1 aliphatic heterocycles. The fourth-order valence-electron chi connectivity index (χ4n) is 2.99. The lowest BCUT2D eigenvalue weighted by atomic mass is 9.88. The van der Waals surface area contributed by atoms with E-state index < -0.39 is 12.7 Å². The average molecular weight is 310 g/mol. The van der Waals surface area contributed by atoms with Gasteiger partial charge in [-0.1, -0.05) is 13.8 Å². The molecular formula is C15H29F3N2O. The highest BCUT2D eigenvalue weighted by atomic mass is 19.4. The molecule has 2 N–H and O–H groups in total. The van der Waals surface area contributed by atoms with Crippen molar-refractivity contribution in [1.82, 2.24) is 10.2 Å². The first-order valence-corrected chi connectivity index (χ1v) is 7.97. The lowest BCUT2D eigenvalue weighted by molar-refractivity contribution is -0.127. The molecule has 0 aliphatic carbocycles. The molecule has 6 heteroatoms. The van der Waals surface area contributed by atoms with Crippen molar-refractivity contribution in [3.63, 3.8) is 0 Å². The van der Waals surface area contributed by atoms with Crippen LogP contribution in [-0.2, 0) is 0 Å². The van der Waals surface area contributed by atoms with Crippen LogP contribution in [-0.4, -0.2) is 54.0 Å². The maximum absolute atomic E-state index is 12.4. The van der Waals surface area contributed by atoms with E-state index in [-0.39, 0.29) is 18.1 Å². The van der Waals surface area contributed by atoms with E-state index in [4.69, 9.17) is 0 Å². The van der Waals surface area contributed by atoms with Crippen LogP contribution >= 0.6 is 0 Å². The third-order valence-corrected chi connectivity index (χ3v) is 4.45. The SMILES string of the molecule is CCC(O)CC1CC(NCC(F)(F)F)CN(C(C)CC)C1. The van der Waals surface area contributed by atoms with Crippen LogP contribution in [0.5, 0.6) is 0 Å². The van der Waals surface area contributed by atoms with Gasteiger partial charge in [0.25, 0.3) is 0 Å². The number of halogens is 3. The number of nitrogens with one attached hydrogen (secondary N) is 1. The standard InChI is InChI=1S/C15H29F3N2O/c1-4-11(3)20-8-12(7-14(21)5-2)6-13(9-20)19-10-15(16,17)18/h11-14,19,21H,4-10H2,1-3H3. The van der Waals surface area contributed by atoms with E-state index in [1.807, 2.05) is 6.92 Å². The molecule has 0 aromatic heterocycles. The number of nitrogens with zero attached hydrogens (tertiary/aromatic N) is 1. The lowest BCUT2D eigenvalue weighted by Gasteiger charge is -2.41. The molecule has 0 bridgehead atoms. The van der Waals surface area contributed by atoms with Crippen molar-refractivity contribution in [2.45, 2.75) is 70.8 Å². The molecule has 0 radical (unpaired) electrons. The topological polar surface area (TPSA) is 35.5 Å². The Bertz CT molecular complexity index is 299. The lowest BCUT2D eigenvalue weighted by Crippen LogP contribution is -2.53. The summed E-state index contributed by atoms with van der Waals surface area (Å²) in [7, 11) is 0. The first-order chi connectivity index (χ1) is 9.75. The number of piperidine rings is 1. The molecule has 0 aromatic rings. The summed E-state index contributed by atoms with van der Waals surface area (Å²) in [6.07, 6.45) is -1.46. The number of hydrogen-bond donors (Lipinski definition) is 2. The van der Waals surface area contributed by atoms with Crippen LogP contribution < -0.4 is 5.32 Å². The quantitative estimate of drug-likeness (QED) is 0.759. The smallest absolute Gasteiger partial charge is 0.393 e. The third kappa shape index (κ3) is 6.98. The molecule has 21 heavy (non-hydrogen) atoms. The Labute approximate surface area is 125 Å². The molecule has 1 saturated heterocycles. The van der Waals surface area contributed by atoms with Gasteiger partial charge in [-0.3, -0.25) is 4.90 Å². The number of alkyl halides is 3. The van der Waals surface area contributed by atoms with Gasteiger partial charge in [-0.15, -0.1) is 0 Å². The van der Waals surface area contributed by atoms with Gasteiger partial charge in [-0.05, 0) is 38.5 Å². The van der Waals surface area contributed by atoms with Gasteiger partial charge in [-0.2, -0.15) is 13.2 Å². The van der Waals surface area contributed by atoms with E-state index >= 15 is 0 Å². The average Bonchev–Trinajstić information content (AvgIpc) is 2.43. The van der Waals surface area contributed by atoms with Gasteiger partial charge in [0.1, 0.15) is 0 Å². The minimum Gasteiger partial charge on any atom is -0.393 e. The first kappa shape index (κ1) is 18.7. The molecule has 1 fully saturated rings. The second-order valence-electron chi connectivity index (χ2n) is 6.30. The zero-order valence-corrected chi connectivity index (χ0v) is 13.3. The van der Waals surface area contributed by atoms with Crippen molar-refractivity contribution in [2.75, 3.05) is 19.6 Å². The van der Waals surface area contributed by atoms with Crippen LogP contribution in [0.2, 0.25) is 0 Å². The fraction of sp³-hybridized carbons (Fsp3) is 1.00. The van der Waals surface area contributed by atoms with Gasteiger partial charge in [-0.25, -0.2) is 0 Å². The molecule has 0 spiro atoms. The summed E-state index contributed by atoms with van der Waals surface area (Å²) in [6.45, 7) is 6.72. The van der Waals surface area contributed by atoms with Crippen LogP contribution in [0.1, 0.15) is 46.5 Å². The van der Waals surface area contributed by atoms with Gasteiger partial charge < -0.3 is 10.4 Å². The van der Waals surface area contributed by atoms with Gasteiger partial charge in [0, 0.05) is 25.2 Å². The van der Waals surface area contributed by atoms with Crippen molar-refractivity contribution < 1.29 is 18.3 Å². The highest BCUT2D eigenvalue weighted by Gasteiger charge is 2.33. The normalized spacial score (nSPS) is 27.6. The van der Waals surface area contributed by atoms with Crippen LogP contribution in [0, 0.1) is 5.92 Å². The number of aliphatic hydroxyl groups excluding tert-OH is 1. The largest absolute Gasteiger partial charge is 0.401 e. The van der Waals surface area contributed by atoms with Crippen LogP contribution in [0.3, 0.4) is 0 Å². The minimum atomic E-state index is -4.17. The van der Waals surface area contributed by atoms with E-state index in [0.717, 1.165) is 13.0 Å². The molecule has 0 saturated carbocycles. The molecule has 126 valence electrons. The van der Waals surface area contributed by atoms with Crippen molar-refractivity contribution >= 4 is 0 Å². The Morgan fingerprint density at radius 2 is 1.90 bits per heavy atom. The molecule has 0 amide bonds. The van der Waals surface area contributed by atoms with E-state index in [0.29, 0.717) is 31.8 Å². The Balaban J connectivity index is 2.61. The van der Waals surface area contributed by atoms with E-state index in [2.05, 4.69) is 24.1 Å². The Morgan fingerprint density at radius 1 is 1.24 bits per heavy atom. The van der Waals surface area contributed by atoms with Crippen molar-refractivity contribution in [3.05, 3.63) is 0 Å². The Kier molecular flexibility index (Phi) is 7.44. The van der Waals surface area contributed by atoms with Crippen molar-refractivity contribution in [3.8, 4) is 0 Å². The predicted molar refractivity (Wildman–Crippen MR) is 78.2 cm³/mol. The number of rotatable bonds is 7. The molecule has 4 atom stereocenters. The van der Waals surface area contributed by atoms with E-state index in [9.17, 15) is 18.3 Å². The Morgan fingerprint density at radius 3 is 2.43 bits per heavy atom. The summed E-state index contributed by atoms with van der Waals surface area (Å²) in [5.74, 6) is 0.258. The number of aliphatic hydroxyl groups is 1. The summed E-state index contributed by atoms with van der Waals surface area (Å²) < 4.78 is 37.1. The molecule has 0 aromatic carbocycles. The zero-order valence-electron chi connectivity index (χ0n) is 13.3. The summed E-state index contributed by atoms with van der Waals surface area (Å²) in [5, 5.41) is 12.5. The molecule has 1 rings (SSSR count). The fourth-order valence-corrected chi connectivity index (χ4v) is 2.99. The van der Waals surface area contributed by atoms with Gasteiger partial charge in [0.2, 0.25) is 0 Å². The number of likely N-dealkylation sites (tertiary alicyclic amines) is 1. The highest BCUT2D eigenvalue weighted by Crippen LogP contribution is 2.25.